The van der Waals surface area contributed by atoms with E-state index in [2.05, 4.69) is 28.7 Å². The SMILES string of the molecule is CC1=C(C)CC2C(CN3CCN(c4ccc(F)cc4)CC3)=NN(C)C(=O)C2C1. The summed E-state index contributed by atoms with van der Waals surface area (Å²) in [5.41, 5.74) is 4.99. The van der Waals surface area contributed by atoms with Crippen LogP contribution in [0.3, 0.4) is 0 Å². The summed E-state index contributed by atoms with van der Waals surface area (Å²) in [6.07, 6.45) is 1.81. The van der Waals surface area contributed by atoms with Gasteiger partial charge in [0.1, 0.15) is 5.82 Å². The van der Waals surface area contributed by atoms with Gasteiger partial charge in [0.15, 0.2) is 0 Å². The van der Waals surface area contributed by atoms with Gasteiger partial charge in [0, 0.05) is 51.4 Å². The fourth-order valence-corrected chi connectivity index (χ4v) is 4.65. The van der Waals surface area contributed by atoms with Gasteiger partial charge in [-0.25, -0.2) is 9.40 Å². The predicted molar refractivity (Wildman–Crippen MR) is 110 cm³/mol. The van der Waals surface area contributed by atoms with Crippen LogP contribution in [0.1, 0.15) is 26.7 Å². The minimum absolute atomic E-state index is 0.0432. The summed E-state index contributed by atoms with van der Waals surface area (Å²) in [6.45, 7) is 8.88. The molecule has 150 valence electrons. The van der Waals surface area contributed by atoms with E-state index >= 15 is 0 Å². The van der Waals surface area contributed by atoms with Gasteiger partial charge in [0.05, 0.1) is 11.6 Å². The second kappa shape index (κ2) is 7.66. The van der Waals surface area contributed by atoms with Crippen LogP contribution in [0.25, 0.3) is 0 Å². The molecule has 5 nitrogen and oxygen atoms in total. The number of allylic oxidation sites excluding steroid dienone is 2. The molecule has 2 aliphatic heterocycles. The maximum absolute atomic E-state index is 13.2. The predicted octanol–water partition coefficient (Wildman–Crippen LogP) is 3.14. The van der Waals surface area contributed by atoms with E-state index in [1.54, 1.807) is 12.1 Å². The first-order valence-corrected chi connectivity index (χ1v) is 10.2. The molecule has 3 aliphatic rings. The molecule has 0 spiro atoms. The number of carbonyl (C=O) groups excluding carboxylic acids is 1. The quantitative estimate of drug-likeness (QED) is 0.752. The number of fused-ring (bicyclic) bond motifs is 1. The fourth-order valence-electron chi connectivity index (χ4n) is 4.65. The molecule has 1 aromatic carbocycles. The Kier molecular flexibility index (Phi) is 5.23. The van der Waals surface area contributed by atoms with Gasteiger partial charge < -0.3 is 4.90 Å². The molecular formula is C22H29FN4O. The molecule has 1 amide bonds. The Morgan fingerprint density at radius 2 is 1.61 bits per heavy atom. The molecule has 2 heterocycles. The minimum Gasteiger partial charge on any atom is -0.369 e. The molecule has 28 heavy (non-hydrogen) atoms. The molecule has 1 fully saturated rings. The van der Waals surface area contributed by atoms with Crippen LogP contribution in [0.4, 0.5) is 10.1 Å². The Balaban J connectivity index is 1.42. The number of hydrazone groups is 1. The Bertz CT molecular complexity index is 808. The highest BCUT2D eigenvalue weighted by atomic mass is 19.1. The molecule has 0 radical (unpaired) electrons. The number of rotatable bonds is 3. The zero-order valence-electron chi connectivity index (χ0n) is 17.0. The van der Waals surface area contributed by atoms with E-state index in [9.17, 15) is 9.18 Å². The van der Waals surface area contributed by atoms with Crippen molar-refractivity contribution in [3.8, 4) is 0 Å². The van der Waals surface area contributed by atoms with E-state index in [1.807, 2.05) is 12.1 Å². The highest BCUT2D eigenvalue weighted by molar-refractivity contribution is 5.97. The average Bonchev–Trinajstić information content (AvgIpc) is 2.69. The first kappa shape index (κ1) is 19.1. The molecule has 0 aromatic heterocycles. The van der Waals surface area contributed by atoms with Gasteiger partial charge in [-0.3, -0.25) is 9.69 Å². The van der Waals surface area contributed by atoms with Gasteiger partial charge in [-0.05, 0) is 51.0 Å². The minimum atomic E-state index is -0.196. The van der Waals surface area contributed by atoms with Crippen LogP contribution in [0, 0.1) is 17.7 Å². The highest BCUT2D eigenvalue weighted by Crippen LogP contribution is 2.38. The molecule has 2 unspecified atom stereocenters. The van der Waals surface area contributed by atoms with Crippen molar-refractivity contribution in [2.24, 2.45) is 16.9 Å². The lowest BCUT2D eigenvalue weighted by molar-refractivity contribution is -0.136. The van der Waals surface area contributed by atoms with E-state index in [4.69, 9.17) is 0 Å². The van der Waals surface area contributed by atoms with Crippen molar-refractivity contribution >= 4 is 17.3 Å². The van der Waals surface area contributed by atoms with E-state index in [0.717, 1.165) is 57.0 Å². The normalized spacial score (nSPS) is 26.4. The van der Waals surface area contributed by atoms with Gasteiger partial charge in [0.2, 0.25) is 5.91 Å². The first-order valence-electron chi connectivity index (χ1n) is 10.2. The number of nitrogens with zero attached hydrogens (tertiary/aromatic N) is 4. The third-order valence-electron chi connectivity index (χ3n) is 6.56. The van der Waals surface area contributed by atoms with Crippen LogP contribution in [0.2, 0.25) is 0 Å². The average molecular weight is 384 g/mol. The van der Waals surface area contributed by atoms with Crippen molar-refractivity contribution in [1.29, 1.82) is 0 Å². The lowest BCUT2D eigenvalue weighted by Crippen LogP contribution is -2.52. The molecule has 6 heteroatoms. The number of piperazine rings is 1. The zero-order valence-corrected chi connectivity index (χ0v) is 17.0. The van der Waals surface area contributed by atoms with Crippen LogP contribution in [0.15, 0.2) is 40.5 Å². The fraction of sp³-hybridized carbons (Fsp3) is 0.545. The largest absolute Gasteiger partial charge is 0.369 e. The highest BCUT2D eigenvalue weighted by Gasteiger charge is 2.41. The second-order valence-electron chi connectivity index (χ2n) is 8.37. The molecule has 1 aliphatic carbocycles. The summed E-state index contributed by atoms with van der Waals surface area (Å²) in [5, 5.41) is 6.22. The third-order valence-corrected chi connectivity index (χ3v) is 6.56. The van der Waals surface area contributed by atoms with E-state index < -0.39 is 0 Å². The molecule has 1 aromatic rings. The topological polar surface area (TPSA) is 39.1 Å². The molecular weight excluding hydrogens is 355 g/mol. The number of hydrogen-bond acceptors (Lipinski definition) is 4. The van der Waals surface area contributed by atoms with Crippen LogP contribution >= 0.6 is 0 Å². The van der Waals surface area contributed by atoms with Gasteiger partial charge in [-0.15, -0.1) is 0 Å². The third kappa shape index (κ3) is 3.70. The van der Waals surface area contributed by atoms with Crippen molar-refractivity contribution in [1.82, 2.24) is 9.91 Å². The maximum atomic E-state index is 13.2. The summed E-state index contributed by atoms with van der Waals surface area (Å²) < 4.78 is 13.2. The Morgan fingerprint density at radius 1 is 1.00 bits per heavy atom. The molecule has 1 saturated heterocycles. The first-order chi connectivity index (χ1) is 13.4. The summed E-state index contributed by atoms with van der Waals surface area (Å²) in [7, 11) is 1.78. The number of amides is 1. The maximum Gasteiger partial charge on any atom is 0.246 e. The molecule has 2 atom stereocenters. The van der Waals surface area contributed by atoms with Gasteiger partial charge >= 0.3 is 0 Å². The Morgan fingerprint density at radius 3 is 2.25 bits per heavy atom. The van der Waals surface area contributed by atoms with Crippen LogP contribution in [-0.4, -0.2) is 61.3 Å². The number of halogens is 1. The van der Waals surface area contributed by atoms with E-state index in [-0.39, 0.29) is 23.6 Å². The van der Waals surface area contributed by atoms with Crippen LogP contribution in [-0.2, 0) is 4.79 Å². The lowest BCUT2D eigenvalue weighted by Gasteiger charge is -2.41. The lowest BCUT2D eigenvalue weighted by atomic mass is 9.73. The number of anilines is 1. The standard InChI is InChI=1S/C22H29FN4O/c1-15-12-19-20(13-16(15)2)22(28)25(3)24-21(19)14-26-8-10-27(11-9-26)18-6-4-17(23)5-7-18/h4-7,19-20H,8-14H2,1-3H3. The number of hydrogen-bond donors (Lipinski definition) is 0. The summed E-state index contributed by atoms with van der Waals surface area (Å²) in [6, 6.07) is 6.74. The smallest absolute Gasteiger partial charge is 0.246 e. The van der Waals surface area contributed by atoms with Crippen LogP contribution < -0.4 is 4.90 Å². The Labute approximate surface area is 166 Å². The number of carbonyl (C=O) groups is 1. The van der Waals surface area contributed by atoms with Crippen molar-refractivity contribution in [3.05, 3.63) is 41.2 Å². The molecule has 0 saturated carbocycles. The van der Waals surface area contributed by atoms with Gasteiger partial charge in [0.25, 0.3) is 0 Å². The Hall–Kier alpha value is -2.21. The summed E-state index contributed by atoms with van der Waals surface area (Å²) >= 11 is 0. The molecule has 4 rings (SSSR count). The molecule has 0 N–H and O–H groups in total. The summed E-state index contributed by atoms with van der Waals surface area (Å²) in [5.74, 6) is 0.240. The van der Waals surface area contributed by atoms with Gasteiger partial charge in [-0.1, -0.05) is 11.1 Å². The van der Waals surface area contributed by atoms with Crippen molar-refractivity contribution < 1.29 is 9.18 Å². The van der Waals surface area contributed by atoms with E-state index in [1.165, 1.54) is 23.3 Å². The second-order valence-corrected chi connectivity index (χ2v) is 8.37. The van der Waals surface area contributed by atoms with E-state index in [0.29, 0.717) is 0 Å². The van der Waals surface area contributed by atoms with Crippen molar-refractivity contribution in [3.63, 3.8) is 0 Å². The number of benzene rings is 1. The molecule has 0 bridgehead atoms. The van der Waals surface area contributed by atoms with Crippen molar-refractivity contribution in [2.45, 2.75) is 26.7 Å². The van der Waals surface area contributed by atoms with Gasteiger partial charge in [-0.2, -0.15) is 5.10 Å². The van der Waals surface area contributed by atoms with Crippen LogP contribution in [0.5, 0.6) is 0 Å². The summed E-state index contributed by atoms with van der Waals surface area (Å²) in [4.78, 5) is 17.4. The van der Waals surface area contributed by atoms with Crippen molar-refractivity contribution in [2.75, 3.05) is 44.7 Å². The zero-order chi connectivity index (χ0) is 19.8. The monoisotopic (exact) mass is 384 g/mol.